The molecule has 3 heterocycles. The highest BCUT2D eigenvalue weighted by molar-refractivity contribution is 5.43. The molecule has 28 heavy (non-hydrogen) atoms. The van der Waals surface area contributed by atoms with E-state index in [4.69, 9.17) is 9.84 Å². The maximum atomic E-state index is 12.9. The van der Waals surface area contributed by atoms with Gasteiger partial charge >= 0.3 is 6.18 Å². The second-order valence-corrected chi connectivity index (χ2v) is 8.82. The van der Waals surface area contributed by atoms with Crippen molar-refractivity contribution in [3.8, 4) is 0 Å². The van der Waals surface area contributed by atoms with Crippen molar-refractivity contribution in [1.29, 1.82) is 0 Å². The van der Waals surface area contributed by atoms with Crippen molar-refractivity contribution in [3.05, 3.63) is 29.2 Å². The summed E-state index contributed by atoms with van der Waals surface area (Å²) in [6.45, 7) is 7.40. The molecule has 2 fully saturated rings. The van der Waals surface area contributed by atoms with E-state index in [9.17, 15) is 13.2 Å². The Balaban J connectivity index is 1.58. The second kappa shape index (κ2) is 6.99. The van der Waals surface area contributed by atoms with Gasteiger partial charge in [-0.1, -0.05) is 0 Å². The average molecular weight is 396 g/mol. The average Bonchev–Trinajstić information content (AvgIpc) is 3.04. The second-order valence-electron chi connectivity index (χ2n) is 8.82. The van der Waals surface area contributed by atoms with Crippen LogP contribution in [0.1, 0.15) is 68.6 Å². The van der Waals surface area contributed by atoms with E-state index in [0.29, 0.717) is 26.0 Å². The van der Waals surface area contributed by atoms with Crippen LogP contribution in [-0.4, -0.2) is 39.5 Å². The Bertz CT molecular complexity index is 843. The zero-order valence-corrected chi connectivity index (χ0v) is 16.5. The van der Waals surface area contributed by atoms with Crippen molar-refractivity contribution in [3.63, 3.8) is 0 Å². The van der Waals surface area contributed by atoms with Gasteiger partial charge < -0.3 is 10.1 Å². The van der Waals surface area contributed by atoms with Crippen molar-refractivity contribution in [1.82, 2.24) is 19.9 Å². The first-order valence-electron chi connectivity index (χ1n) is 9.93. The van der Waals surface area contributed by atoms with Crippen LogP contribution in [0.25, 0.3) is 5.65 Å². The van der Waals surface area contributed by atoms with Crippen LogP contribution < -0.4 is 5.32 Å². The highest BCUT2D eigenvalue weighted by Gasteiger charge is 2.42. The zero-order valence-electron chi connectivity index (χ0n) is 16.5. The van der Waals surface area contributed by atoms with Crippen molar-refractivity contribution in [2.75, 3.05) is 13.2 Å². The van der Waals surface area contributed by atoms with Crippen LogP contribution in [0.3, 0.4) is 0 Å². The minimum atomic E-state index is -4.09. The number of hydrogen-bond donors (Lipinski definition) is 1. The number of aromatic nitrogens is 3. The number of aryl methyl sites for hydroxylation is 1. The molecule has 1 aliphatic heterocycles. The standard InChI is InChI=1S/C20H27F3N4O/c1-12-8-16(17-10-24-19(2,3)11-28-17)27-18(25-12)9-15(26-27)13-4-6-14(7-5-13)20(21,22)23/h8-9,13-14,17,24H,4-7,10-11H2,1-3H3/t13?,14?,17-/m1/s1. The summed E-state index contributed by atoms with van der Waals surface area (Å²) in [6.07, 6.45) is -2.85. The van der Waals surface area contributed by atoms with Gasteiger partial charge in [0.05, 0.1) is 23.9 Å². The smallest absolute Gasteiger partial charge is 0.369 e. The molecule has 154 valence electrons. The van der Waals surface area contributed by atoms with Crippen LogP contribution in [0.5, 0.6) is 0 Å². The largest absolute Gasteiger partial charge is 0.391 e. The van der Waals surface area contributed by atoms with Crippen molar-refractivity contribution >= 4 is 5.65 Å². The molecule has 0 spiro atoms. The van der Waals surface area contributed by atoms with Crippen molar-refractivity contribution in [2.45, 2.75) is 70.2 Å². The van der Waals surface area contributed by atoms with Crippen LogP contribution in [0.4, 0.5) is 13.2 Å². The van der Waals surface area contributed by atoms with E-state index < -0.39 is 12.1 Å². The number of alkyl halides is 3. The maximum Gasteiger partial charge on any atom is 0.391 e. The third kappa shape index (κ3) is 3.89. The van der Waals surface area contributed by atoms with E-state index in [1.807, 2.05) is 23.6 Å². The summed E-state index contributed by atoms with van der Waals surface area (Å²) in [5, 5.41) is 8.23. The van der Waals surface area contributed by atoms with Gasteiger partial charge in [-0.05, 0) is 52.5 Å². The van der Waals surface area contributed by atoms with Crippen LogP contribution in [0.2, 0.25) is 0 Å². The van der Waals surface area contributed by atoms with Gasteiger partial charge in [-0.2, -0.15) is 18.3 Å². The molecule has 1 atom stereocenters. The Morgan fingerprint density at radius 1 is 1.18 bits per heavy atom. The lowest BCUT2D eigenvalue weighted by molar-refractivity contribution is -0.182. The first-order chi connectivity index (χ1) is 13.1. The van der Waals surface area contributed by atoms with Gasteiger partial charge in [0.1, 0.15) is 6.10 Å². The SMILES string of the molecule is Cc1cc([C@H]2CNC(C)(C)CO2)n2nc(C3CCC(C(F)(F)F)CC3)cc2n1. The van der Waals surface area contributed by atoms with Gasteiger partial charge in [0.25, 0.3) is 0 Å². The van der Waals surface area contributed by atoms with Crippen molar-refractivity contribution < 1.29 is 17.9 Å². The molecule has 1 saturated heterocycles. The third-order valence-corrected chi connectivity index (χ3v) is 5.95. The number of hydrogen-bond acceptors (Lipinski definition) is 4. The van der Waals surface area contributed by atoms with Crippen LogP contribution in [0.15, 0.2) is 12.1 Å². The minimum absolute atomic E-state index is 0.0535. The van der Waals surface area contributed by atoms with Crippen LogP contribution >= 0.6 is 0 Å². The van der Waals surface area contributed by atoms with Crippen LogP contribution in [-0.2, 0) is 4.74 Å². The Labute approximate surface area is 162 Å². The molecule has 1 saturated carbocycles. The predicted octanol–water partition coefficient (Wildman–Crippen LogP) is 4.31. The molecular weight excluding hydrogens is 369 g/mol. The first kappa shape index (κ1) is 19.6. The molecule has 0 bridgehead atoms. The Morgan fingerprint density at radius 2 is 1.89 bits per heavy atom. The molecular formula is C20H27F3N4O. The highest BCUT2D eigenvalue weighted by Crippen LogP contribution is 2.42. The quantitative estimate of drug-likeness (QED) is 0.822. The van der Waals surface area contributed by atoms with E-state index in [-0.39, 0.29) is 30.4 Å². The fourth-order valence-electron chi connectivity index (χ4n) is 4.27. The van der Waals surface area contributed by atoms with E-state index in [2.05, 4.69) is 24.1 Å². The van der Waals surface area contributed by atoms with Gasteiger partial charge in [-0.15, -0.1) is 0 Å². The molecule has 2 aliphatic rings. The summed E-state index contributed by atoms with van der Waals surface area (Å²) in [5.41, 5.74) is 3.31. The first-order valence-corrected chi connectivity index (χ1v) is 9.93. The molecule has 0 amide bonds. The van der Waals surface area contributed by atoms with Crippen LogP contribution in [0, 0.1) is 12.8 Å². The Hall–Kier alpha value is -1.67. The molecule has 4 rings (SSSR count). The summed E-state index contributed by atoms with van der Waals surface area (Å²) in [7, 11) is 0. The lowest BCUT2D eigenvalue weighted by atomic mass is 9.80. The van der Waals surface area contributed by atoms with Gasteiger partial charge in [0, 0.05) is 29.8 Å². The summed E-state index contributed by atoms with van der Waals surface area (Å²) >= 11 is 0. The number of nitrogens with one attached hydrogen (secondary N) is 1. The number of fused-ring (bicyclic) bond motifs is 1. The number of halogens is 3. The topological polar surface area (TPSA) is 51.5 Å². The van der Waals surface area contributed by atoms with E-state index in [1.165, 1.54) is 0 Å². The lowest BCUT2D eigenvalue weighted by Gasteiger charge is -2.36. The summed E-state index contributed by atoms with van der Waals surface area (Å²) in [4.78, 5) is 4.57. The Kier molecular flexibility index (Phi) is 4.90. The van der Waals surface area contributed by atoms with Gasteiger partial charge in [-0.3, -0.25) is 0 Å². The Morgan fingerprint density at radius 3 is 2.50 bits per heavy atom. The molecule has 0 radical (unpaired) electrons. The normalized spacial score (nSPS) is 28.6. The molecule has 0 unspecified atom stereocenters. The molecule has 8 heteroatoms. The van der Waals surface area contributed by atoms with E-state index in [0.717, 1.165) is 22.7 Å². The van der Waals surface area contributed by atoms with E-state index >= 15 is 0 Å². The highest BCUT2D eigenvalue weighted by atomic mass is 19.4. The molecule has 1 N–H and O–H groups in total. The number of rotatable bonds is 2. The fraction of sp³-hybridized carbons (Fsp3) is 0.700. The summed E-state index contributed by atoms with van der Waals surface area (Å²) in [5.74, 6) is -1.13. The fourth-order valence-corrected chi connectivity index (χ4v) is 4.27. The number of nitrogens with zero attached hydrogens (tertiary/aromatic N) is 3. The maximum absolute atomic E-state index is 12.9. The van der Waals surface area contributed by atoms with Gasteiger partial charge in [0.2, 0.25) is 0 Å². The summed E-state index contributed by atoms with van der Waals surface area (Å²) in [6, 6.07) is 3.91. The molecule has 0 aromatic carbocycles. The molecule has 1 aliphatic carbocycles. The zero-order chi connectivity index (χ0) is 20.1. The number of morpholine rings is 1. The minimum Gasteiger partial charge on any atom is -0.369 e. The summed E-state index contributed by atoms with van der Waals surface area (Å²) < 4.78 is 46.7. The van der Waals surface area contributed by atoms with E-state index in [1.54, 1.807) is 0 Å². The lowest BCUT2D eigenvalue weighted by Crippen LogP contribution is -2.50. The molecule has 5 nitrogen and oxygen atoms in total. The van der Waals surface area contributed by atoms with Crippen molar-refractivity contribution in [2.24, 2.45) is 5.92 Å². The van der Waals surface area contributed by atoms with Gasteiger partial charge in [-0.25, -0.2) is 9.50 Å². The van der Waals surface area contributed by atoms with Gasteiger partial charge in [0.15, 0.2) is 5.65 Å². The number of ether oxygens (including phenoxy) is 1. The monoisotopic (exact) mass is 396 g/mol. The third-order valence-electron chi connectivity index (χ3n) is 5.95. The molecule has 2 aromatic heterocycles. The predicted molar refractivity (Wildman–Crippen MR) is 99.3 cm³/mol. The molecule has 2 aromatic rings.